The number of hydrogen-bond donors (Lipinski definition) is 2. The maximum atomic E-state index is 9.85. The molecule has 1 aliphatic heterocycles. The molecule has 0 amide bonds. The fraction of sp³-hybridized carbons (Fsp3) is 0.538. The lowest BCUT2D eigenvalue weighted by atomic mass is 10.2. The minimum absolute atomic E-state index is 0.306. The van der Waals surface area contributed by atoms with Gasteiger partial charge in [-0.15, -0.1) is 0 Å². The summed E-state index contributed by atoms with van der Waals surface area (Å²) in [6, 6.07) is 6.74. The van der Waals surface area contributed by atoms with Crippen molar-refractivity contribution in [3.05, 3.63) is 28.2 Å². The lowest BCUT2D eigenvalue weighted by Crippen LogP contribution is -2.35. The van der Waals surface area contributed by atoms with Gasteiger partial charge in [-0.2, -0.15) is 0 Å². The molecule has 1 aromatic rings. The van der Waals surface area contributed by atoms with E-state index < -0.39 is 0 Å². The van der Waals surface area contributed by atoms with Crippen LogP contribution in [0.3, 0.4) is 0 Å². The van der Waals surface area contributed by atoms with Crippen LogP contribution in [0.4, 0.5) is 5.69 Å². The Balaban J connectivity index is 2.21. The van der Waals surface area contributed by atoms with Gasteiger partial charge in [-0.3, -0.25) is 0 Å². The Morgan fingerprint density at radius 3 is 2.88 bits per heavy atom. The minimum Gasteiger partial charge on any atom is -0.390 e. The number of halogens is 1. The van der Waals surface area contributed by atoms with Crippen LogP contribution in [0, 0.1) is 6.92 Å². The molecule has 0 aliphatic carbocycles. The molecule has 2 N–H and O–H groups in total. The number of β-amino-alcohol motifs (C(OH)–C–C–N with tert-alkyl or cyclic N) is 1. The van der Waals surface area contributed by atoms with Crippen molar-refractivity contribution in [2.45, 2.75) is 26.0 Å². The van der Waals surface area contributed by atoms with Gasteiger partial charge in [0, 0.05) is 35.8 Å². The number of nitrogens with zero attached hydrogens (tertiary/aromatic N) is 1. The summed E-state index contributed by atoms with van der Waals surface area (Å²) in [5.41, 5.74) is 2.40. The van der Waals surface area contributed by atoms with E-state index in [-0.39, 0.29) is 6.10 Å². The number of aryl methyl sites for hydroxylation is 1. The highest BCUT2D eigenvalue weighted by Gasteiger charge is 2.20. The van der Waals surface area contributed by atoms with E-state index in [0.717, 1.165) is 16.7 Å². The fourth-order valence-corrected chi connectivity index (χ4v) is 2.48. The normalized spacial score (nSPS) is 25.8. The first-order valence-electron chi connectivity index (χ1n) is 5.99. The molecule has 1 aromatic carbocycles. The lowest BCUT2D eigenvalue weighted by Gasteiger charge is -2.26. The second-order valence-corrected chi connectivity index (χ2v) is 5.66. The Morgan fingerprint density at radius 1 is 1.41 bits per heavy atom. The first kappa shape index (κ1) is 12.9. The van der Waals surface area contributed by atoms with E-state index in [4.69, 9.17) is 0 Å². The number of anilines is 1. The molecule has 2 atom stereocenters. The van der Waals surface area contributed by atoms with Gasteiger partial charge in [0.25, 0.3) is 0 Å². The monoisotopic (exact) mass is 298 g/mol. The minimum atomic E-state index is -0.306. The molecule has 0 radical (unpaired) electrons. The van der Waals surface area contributed by atoms with Gasteiger partial charge in [0.15, 0.2) is 0 Å². The standard InChI is InChI=1S/C13H19BrN2O/c1-9-3-4-11(5-13(9)14)16-7-10(2)15-6-12(17)8-16/h3-5,10,12,15,17H,6-8H2,1-2H3. The largest absolute Gasteiger partial charge is 0.390 e. The predicted octanol–water partition coefficient (Wildman–Crippen LogP) is 1.92. The molecule has 0 spiro atoms. The number of rotatable bonds is 1. The van der Waals surface area contributed by atoms with Crippen LogP contribution in [0.15, 0.2) is 22.7 Å². The van der Waals surface area contributed by atoms with Gasteiger partial charge in [0.05, 0.1) is 6.10 Å². The van der Waals surface area contributed by atoms with Crippen molar-refractivity contribution in [3.63, 3.8) is 0 Å². The van der Waals surface area contributed by atoms with Crippen LogP contribution in [0.25, 0.3) is 0 Å². The predicted molar refractivity (Wildman–Crippen MR) is 74.6 cm³/mol. The summed E-state index contributed by atoms with van der Waals surface area (Å²) in [5.74, 6) is 0. The third kappa shape index (κ3) is 3.21. The Kier molecular flexibility index (Phi) is 4.07. The van der Waals surface area contributed by atoms with E-state index in [2.05, 4.69) is 58.2 Å². The van der Waals surface area contributed by atoms with Gasteiger partial charge in [0.1, 0.15) is 0 Å². The maximum absolute atomic E-state index is 9.85. The summed E-state index contributed by atoms with van der Waals surface area (Å²) >= 11 is 3.56. The van der Waals surface area contributed by atoms with Crippen LogP contribution in [0.1, 0.15) is 12.5 Å². The van der Waals surface area contributed by atoms with Crippen LogP contribution in [-0.2, 0) is 0 Å². The molecular weight excluding hydrogens is 280 g/mol. The molecule has 1 fully saturated rings. The molecule has 0 aromatic heterocycles. The number of hydrogen-bond acceptors (Lipinski definition) is 3. The molecule has 1 heterocycles. The molecule has 17 heavy (non-hydrogen) atoms. The van der Waals surface area contributed by atoms with Crippen LogP contribution in [0.5, 0.6) is 0 Å². The second kappa shape index (κ2) is 5.38. The smallest absolute Gasteiger partial charge is 0.0839 e. The Morgan fingerprint density at radius 2 is 2.18 bits per heavy atom. The van der Waals surface area contributed by atoms with Crippen molar-refractivity contribution in [3.8, 4) is 0 Å². The summed E-state index contributed by atoms with van der Waals surface area (Å²) < 4.78 is 1.12. The van der Waals surface area contributed by atoms with Crippen molar-refractivity contribution in [1.29, 1.82) is 0 Å². The molecule has 2 rings (SSSR count). The summed E-state index contributed by atoms with van der Waals surface area (Å²) in [7, 11) is 0. The van der Waals surface area contributed by atoms with E-state index in [9.17, 15) is 5.11 Å². The highest BCUT2D eigenvalue weighted by atomic mass is 79.9. The Labute approximate surface area is 111 Å². The van der Waals surface area contributed by atoms with Crippen LogP contribution < -0.4 is 10.2 Å². The van der Waals surface area contributed by atoms with E-state index in [1.165, 1.54) is 5.56 Å². The third-order valence-corrected chi connectivity index (χ3v) is 4.00. The average Bonchev–Trinajstić information content (AvgIpc) is 2.45. The topological polar surface area (TPSA) is 35.5 Å². The van der Waals surface area contributed by atoms with Gasteiger partial charge in [-0.05, 0) is 31.5 Å². The molecular formula is C13H19BrN2O. The van der Waals surface area contributed by atoms with Crippen LogP contribution >= 0.6 is 15.9 Å². The zero-order valence-electron chi connectivity index (χ0n) is 10.3. The first-order valence-corrected chi connectivity index (χ1v) is 6.78. The van der Waals surface area contributed by atoms with Crippen LogP contribution in [0.2, 0.25) is 0 Å². The SMILES string of the molecule is Cc1ccc(N2CC(O)CNC(C)C2)cc1Br. The summed E-state index contributed by atoms with van der Waals surface area (Å²) in [6.07, 6.45) is -0.306. The second-order valence-electron chi connectivity index (χ2n) is 4.80. The van der Waals surface area contributed by atoms with Crippen molar-refractivity contribution in [2.75, 3.05) is 24.5 Å². The number of benzene rings is 1. The molecule has 2 unspecified atom stereocenters. The van der Waals surface area contributed by atoms with Crippen molar-refractivity contribution in [1.82, 2.24) is 5.32 Å². The van der Waals surface area contributed by atoms with E-state index in [1.807, 2.05) is 0 Å². The summed E-state index contributed by atoms with van der Waals surface area (Å²) in [6.45, 7) is 6.51. The highest BCUT2D eigenvalue weighted by Crippen LogP contribution is 2.24. The van der Waals surface area contributed by atoms with Gasteiger partial charge in [0.2, 0.25) is 0 Å². The third-order valence-electron chi connectivity index (χ3n) is 3.15. The van der Waals surface area contributed by atoms with Crippen molar-refractivity contribution in [2.24, 2.45) is 0 Å². The summed E-state index contributed by atoms with van der Waals surface area (Å²) in [5, 5.41) is 13.2. The number of aliphatic hydroxyl groups is 1. The molecule has 1 aliphatic rings. The van der Waals surface area contributed by atoms with Crippen LogP contribution in [-0.4, -0.2) is 36.9 Å². The quantitative estimate of drug-likeness (QED) is 0.831. The fourth-order valence-electron chi connectivity index (χ4n) is 2.12. The number of nitrogens with one attached hydrogen (secondary N) is 1. The molecule has 94 valence electrons. The molecule has 0 bridgehead atoms. The number of aliphatic hydroxyl groups excluding tert-OH is 1. The van der Waals surface area contributed by atoms with Gasteiger partial charge in [-0.25, -0.2) is 0 Å². The average molecular weight is 299 g/mol. The van der Waals surface area contributed by atoms with Gasteiger partial charge >= 0.3 is 0 Å². The van der Waals surface area contributed by atoms with E-state index in [0.29, 0.717) is 19.1 Å². The zero-order valence-corrected chi connectivity index (χ0v) is 11.9. The first-order chi connectivity index (χ1) is 8.06. The summed E-state index contributed by atoms with van der Waals surface area (Å²) in [4.78, 5) is 2.24. The molecule has 4 heteroatoms. The molecule has 3 nitrogen and oxygen atoms in total. The molecule has 0 saturated carbocycles. The zero-order chi connectivity index (χ0) is 12.4. The highest BCUT2D eigenvalue weighted by molar-refractivity contribution is 9.10. The van der Waals surface area contributed by atoms with Gasteiger partial charge < -0.3 is 15.3 Å². The maximum Gasteiger partial charge on any atom is 0.0839 e. The van der Waals surface area contributed by atoms with Crippen molar-refractivity contribution < 1.29 is 5.11 Å². The lowest BCUT2D eigenvalue weighted by molar-refractivity contribution is 0.183. The Hall–Kier alpha value is -0.580. The van der Waals surface area contributed by atoms with E-state index >= 15 is 0 Å². The van der Waals surface area contributed by atoms with Crippen molar-refractivity contribution >= 4 is 21.6 Å². The van der Waals surface area contributed by atoms with Gasteiger partial charge in [-0.1, -0.05) is 22.0 Å². The molecule has 1 saturated heterocycles. The Bertz CT molecular complexity index is 385. The van der Waals surface area contributed by atoms with E-state index in [1.54, 1.807) is 0 Å².